The molecule has 10 heteroatoms. The van der Waals surface area contributed by atoms with Crippen LogP contribution in [0.2, 0.25) is 0 Å². The van der Waals surface area contributed by atoms with Crippen LogP contribution in [-0.2, 0) is 19.6 Å². The molecule has 0 aliphatic carbocycles. The summed E-state index contributed by atoms with van der Waals surface area (Å²) in [6.07, 6.45) is 1.55. The molecule has 1 aromatic carbocycles. The van der Waals surface area contributed by atoms with Crippen LogP contribution in [0.5, 0.6) is 0 Å². The van der Waals surface area contributed by atoms with Crippen LogP contribution in [0.1, 0.15) is 26.2 Å². The molecule has 2 amide bonds. The van der Waals surface area contributed by atoms with E-state index in [1.807, 2.05) is 11.8 Å². The number of rotatable bonds is 10. The maximum Gasteiger partial charge on any atom is 0.242 e. The highest BCUT2D eigenvalue weighted by Gasteiger charge is 2.24. The molecule has 1 fully saturated rings. The monoisotopic (exact) mass is 442 g/mol. The predicted octanol–water partition coefficient (Wildman–Crippen LogP) is 0.897. The van der Waals surface area contributed by atoms with Crippen LogP contribution in [0.3, 0.4) is 0 Å². The van der Waals surface area contributed by atoms with Crippen molar-refractivity contribution < 1.29 is 22.4 Å². The van der Waals surface area contributed by atoms with Crippen LogP contribution < -0.4 is 5.32 Å². The Morgan fingerprint density at radius 1 is 1.13 bits per heavy atom. The molecule has 1 aliphatic heterocycles. The summed E-state index contributed by atoms with van der Waals surface area (Å²) in [6.45, 7) is 5.61. The summed E-state index contributed by atoms with van der Waals surface area (Å²) in [6, 6.07) is 4.68. The van der Waals surface area contributed by atoms with Gasteiger partial charge in [0.15, 0.2) is 0 Å². The molecule has 0 aromatic heterocycles. The Bertz CT molecular complexity index is 809. The van der Waals surface area contributed by atoms with Gasteiger partial charge in [0.05, 0.1) is 11.4 Å². The third-order valence-corrected chi connectivity index (χ3v) is 6.92. The SMILES string of the molecule is CCCNC(=O)CN1CCN(C(=O)CCCN(C)S(=O)(=O)c2ccc(F)cc2)CC1. The van der Waals surface area contributed by atoms with Crippen molar-refractivity contribution in [1.82, 2.24) is 19.4 Å². The normalized spacial score (nSPS) is 15.4. The molecule has 2 rings (SSSR count). The number of nitrogens with one attached hydrogen (secondary N) is 1. The highest BCUT2D eigenvalue weighted by molar-refractivity contribution is 7.89. The van der Waals surface area contributed by atoms with Crippen molar-refractivity contribution in [2.24, 2.45) is 0 Å². The Morgan fingerprint density at radius 3 is 2.37 bits per heavy atom. The number of carbonyl (C=O) groups excluding carboxylic acids is 2. The molecule has 8 nitrogen and oxygen atoms in total. The highest BCUT2D eigenvalue weighted by Crippen LogP contribution is 2.15. The van der Waals surface area contributed by atoms with E-state index in [0.717, 1.165) is 18.6 Å². The smallest absolute Gasteiger partial charge is 0.242 e. The third kappa shape index (κ3) is 7.03. The molecule has 168 valence electrons. The lowest BCUT2D eigenvalue weighted by atomic mass is 10.2. The van der Waals surface area contributed by atoms with E-state index in [0.29, 0.717) is 45.7 Å². The molecule has 0 spiro atoms. The van der Waals surface area contributed by atoms with E-state index in [-0.39, 0.29) is 29.7 Å². The fraction of sp³-hybridized carbons (Fsp3) is 0.600. The van der Waals surface area contributed by atoms with Crippen LogP contribution in [-0.4, -0.2) is 87.2 Å². The first kappa shape index (κ1) is 24.2. The van der Waals surface area contributed by atoms with Gasteiger partial charge in [-0.25, -0.2) is 17.1 Å². The van der Waals surface area contributed by atoms with Crippen molar-refractivity contribution in [3.05, 3.63) is 30.1 Å². The van der Waals surface area contributed by atoms with E-state index >= 15 is 0 Å². The van der Waals surface area contributed by atoms with Gasteiger partial charge in [-0.1, -0.05) is 6.92 Å². The molecule has 1 heterocycles. The van der Waals surface area contributed by atoms with Gasteiger partial charge >= 0.3 is 0 Å². The average Bonchev–Trinajstić information content (AvgIpc) is 2.72. The standard InChI is InChI=1S/C20H31FN4O4S/c1-3-10-22-19(26)16-24-12-14-25(15-13-24)20(27)5-4-11-23(2)30(28,29)18-8-6-17(21)7-9-18/h6-9H,3-5,10-16H2,1-2H3,(H,22,26). The van der Waals surface area contributed by atoms with Gasteiger partial charge in [-0.2, -0.15) is 0 Å². The second kappa shape index (κ2) is 11.4. The summed E-state index contributed by atoms with van der Waals surface area (Å²) in [5.74, 6) is -0.511. The van der Waals surface area contributed by atoms with Crippen molar-refractivity contribution in [2.45, 2.75) is 31.1 Å². The van der Waals surface area contributed by atoms with Crippen molar-refractivity contribution in [2.75, 3.05) is 52.9 Å². The second-order valence-corrected chi connectivity index (χ2v) is 9.44. The predicted molar refractivity (Wildman–Crippen MR) is 112 cm³/mol. The lowest BCUT2D eigenvalue weighted by Gasteiger charge is -2.34. The van der Waals surface area contributed by atoms with Gasteiger partial charge < -0.3 is 10.2 Å². The molecule has 0 unspecified atom stereocenters. The van der Waals surface area contributed by atoms with Gasteiger partial charge in [-0.15, -0.1) is 0 Å². The van der Waals surface area contributed by atoms with E-state index in [9.17, 15) is 22.4 Å². The van der Waals surface area contributed by atoms with Crippen molar-refractivity contribution in [3.8, 4) is 0 Å². The van der Waals surface area contributed by atoms with Crippen LogP contribution in [0.15, 0.2) is 29.2 Å². The van der Waals surface area contributed by atoms with Crippen LogP contribution in [0.4, 0.5) is 4.39 Å². The highest BCUT2D eigenvalue weighted by atomic mass is 32.2. The van der Waals surface area contributed by atoms with Gasteiger partial charge in [0.2, 0.25) is 21.8 Å². The van der Waals surface area contributed by atoms with E-state index < -0.39 is 15.8 Å². The maximum absolute atomic E-state index is 13.0. The first-order chi connectivity index (χ1) is 14.2. The average molecular weight is 443 g/mol. The number of nitrogens with zero attached hydrogens (tertiary/aromatic N) is 3. The molecular formula is C20H31FN4O4S. The van der Waals surface area contributed by atoms with Gasteiger partial charge in [0.25, 0.3) is 0 Å². The number of sulfonamides is 1. The number of hydrogen-bond acceptors (Lipinski definition) is 5. The summed E-state index contributed by atoms with van der Waals surface area (Å²) in [7, 11) is -2.26. The molecule has 1 N–H and O–H groups in total. The van der Waals surface area contributed by atoms with Crippen LogP contribution in [0.25, 0.3) is 0 Å². The zero-order valence-electron chi connectivity index (χ0n) is 17.6. The zero-order valence-corrected chi connectivity index (χ0v) is 18.5. The Balaban J connectivity index is 1.72. The largest absolute Gasteiger partial charge is 0.355 e. The summed E-state index contributed by atoms with van der Waals surface area (Å²) in [4.78, 5) is 28.0. The van der Waals surface area contributed by atoms with E-state index in [4.69, 9.17) is 0 Å². The fourth-order valence-electron chi connectivity index (χ4n) is 3.20. The van der Waals surface area contributed by atoms with Crippen molar-refractivity contribution in [3.63, 3.8) is 0 Å². The molecule has 30 heavy (non-hydrogen) atoms. The minimum Gasteiger partial charge on any atom is -0.355 e. The molecule has 0 bridgehead atoms. The number of halogens is 1. The lowest BCUT2D eigenvalue weighted by Crippen LogP contribution is -2.51. The summed E-state index contributed by atoms with van der Waals surface area (Å²) in [5.41, 5.74) is 0. The van der Waals surface area contributed by atoms with E-state index in [1.54, 1.807) is 4.90 Å². The van der Waals surface area contributed by atoms with Crippen molar-refractivity contribution >= 4 is 21.8 Å². The first-order valence-electron chi connectivity index (χ1n) is 10.2. The first-order valence-corrected chi connectivity index (χ1v) is 11.7. The van der Waals surface area contributed by atoms with Crippen molar-refractivity contribution in [1.29, 1.82) is 0 Å². The summed E-state index contributed by atoms with van der Waals surface area (Å²) >= 11 is 0. The minimum absolute atomic E-state index is 0.00188. The third-order valence-electron chi connectivity index (χ3n) is 5.05. The van der Waals surface area contributed by atoms with Gasteiger partial charge in [-0.05, 0) is 37.1 Å². The number of hydrogen-bond donors (Lipinski definition) is 1. The number of piperazine rings is 1. The quantitative estimate of drug-likeness (QED) is 0.581. The molecule has 1 aliphatic rings. The number of amides is 2. The zero-order chi connectivity index (χ0) is 22.1. The molecule has 1 aromatic rings. The molecular weight excluding hydrogens is 411 g/mol. The van der Waals surface area contributed by atoms with Gasteiger partial charge in [0, 0.05) is 52.7 Å². The number of carbonyl (C=O) groups is 2. The Labute approximate surface area is 178 Å². The Morgan fingerprint density at radius 2 is 1.77 bits per heavy atom. The van der Waals surface area contributed by atoms with Crippen LogP contribution in [0, 0.1) is 5.82 Å². The Kier molecular flexibility index (Phi) is 9.19. The van der Waals surface area contributed by atoms with E-state index in [1.165, 1.54) is 23.5 Å². The minimum atomic E-state index is -3.71. The second-order valence-electron chi connectivity index (χ2n) is 7.39. The summed E-state index contributed by atoms with van der Waals surface area (Å²) in [5, 5.41) is 2.85. The molecule has 0 saturated carbocycles. The van der Waals surface area contributed by atoms with Crippen LogP contribution >= 0.6 is 0 Å². The molecule has 0 radical (unpaired) electrons. The van der Waals surface area contributed by atoms with E-state index in [2.05, 4.69) is 5.32 Å². The lowest BCUT2D eigenvalue weighted by molar-refractivity contribution is -0.133. The van der Waals surface area contributed by atoms with Gasteiger partial charge in [0.1, 0.15) is 5.82 Å². The van der Waals surface area contributed by atoms with Gasteiger partial charge in [-0.3, -0.25) is 14.5 Å². The topological polar surface area (TPSA) is 90.0 Å². The molecule has 1 saturated heterocycles. The summed E-state index contributed by atoms with van der Waals surface area (Å²) < 4.78 is 39.1. The number of benzene rings is 1. The molecule has 0 atom stereocenters. The fourth-order valence-corrected chi connectivity index (χ4v) is 4.41. The maximum atomic E-state index is 13.0. The Hall–Kier alpha value is -2.04.